The van der Waals surface area contributed by atoms with Crippen LogP contribution in [0.1, 0.15) is 0 Å². The van der Waals surface area contributed by atoms with Crippen LogP contribution in [-0.2, 0) is 0 Å². The maximum atomic E-state index is 6.53. The molecular weight excluding hydrogens is 574 g/mol. The Bertz CT molecular complexity index is 2810. The molecule has 0 amide bonds. The van der Waals surface area contributed by atoms with Gasteiger partial charge in [0, 0.05) is 44.0 Å². The van der Waals surface area contributed by atoms with Gasteiger partial charge in [-0.15, -0.1) is 0 Å². The van der Waals surface area contributed by atoms with Gasteiger partial charge in [-0.1, -0.05) is 97.1 Å². The Hall–Kier alpha value is -6.32. The van der Waals surface area contributed by atoms with Gasteiger partial charge in [0.15, 0.2) is 0 Å². The molecule has 0 bridgehead atoms. The van der Waals surface area contributed by atoms with Crippen molar-refractivity contribution in [3.8, 4) is 11.1 Å². The smallest absolute Gasteiger partial charge is 0.143 e. The largest absolute Gasteiger partial charge is 0.456 e. The zero-order chi connectivity index (χ0) is 30.9. The Balaban J connectivity index is 1.13. The number of nitrogens with zero attached hydrogens (tertiary/aromatic N) is 1. The highest BCUT2D eigenvalue weighted by atomic mass is 16.3. The summed E-state index contributed by atoms with van der Waals surface area (Å²) in [7, 11) is 0. The van der Waals surface area contributed by atoms with Crippen molar-refractivity contribution in [1.29, 1.82) is 0 Å². The van der Waals surface area contributed by atoms with Crippen LogP contribution < -0.4 is 4.90 Å². The minimum absolute atomic E-state index is 0.894. The molecule has 47 heavy (non-hydrogen) atoms. The summed E-state index contributed by atoms with van der Waals surface area (Å²) in [5.74, 6) is 0. The summed E-state index contributed by atoms with van der Waals surface area (Å²) in [6, 6.07) is 57.9. The number of anilines is 3. The molecule has 0 aliphatic rings. The van der Waals surface area contributed by atoms with Gasteiger partial charge in [-0.25, -0.2) is 0 Å². The highest BCUT2D eigenvalue weighted by Crippen LogP contribution is 2.42. The Morgan fingerprint density at radius 2 is 1.04 bits per heavy atom. The number of hydrogen-bond acceptors (Lipinski definition) is 3. The fraction of sp³-hybridized carbons (Fsp3) is 0. The number of benzene rings is 8. The second kappa shape index (κ2) is 10.1. The van der Waals surface area contributed by atoms with Crippen LogP contribution in [-0.4, -0.2) is 0 Å². The van der Waals surface area contributed by atoms with Crippen molar-refractivity contribution in [3.05, 3.63) is 164 Å². The number of hydrogen-bond donors (Lipinski definition) is 0. The van der Waals surface area contributed by atoms with Crippen LogP contribution in [0.5, 0.6) is 0 Å². The van der Waals surface area contributed by atoms with Crippen LogP contribution in [0.15, 0.2) is 173 Å². The van der Waals surface area contributed by atoms with Crippen molar-refractivity contribution in [2.75, 3.05) is 4.90 Å². The van der Waals surface area contributed by atoms with Crippen molar-refractivity contribution in [3.63, 3.8) is 0 Å². The van der Waals surface area contributed by atoms with Crippen molar-refractivity contribution in [1.82, 2.24) is 0 Å². The van der Waals surface area contributed by atoms with E-state index < -0.39 is 0 Å². The molecule has 2 heterocycles. The lowest BCUT2D eigenvalue weighted by Gasteiger charge is -2.26. The Morgan fingerprint density at radius 3 is 1.98 bits per heavy atom. The van der Waals surface area contributed by atoms with E-state index in [0.717, 1.165) is 77.5 Å². The molecule has 3 heteroatoms. The molecule has 0 N–H and O–H groups in total. The average molecular weight is 602 g/mol. The topological polar surface area (TPSA) is 29.5 Å². The van der Waals surface area contributed by atoms with Crippen molar-refractivity contribution >= 4 is 82.5 Å². The summed E-state index contributed by atoms with van der Waals surface area (Å²) in [5.41, 5.74) is 9.13. The van der Waals surface area contributed by atoms with E-state index >= 15 is 0 Å². The van der Waals surface area contributed by atoms with Gasteiger partial charge < -0.3 is 13.7 Å². The molecule has 220 valence electrons. The quantitative estimate of drug-likeness (QED) is 0.201. The monoisotopic (exact) mass is 601 g/mol. The zero-order valence-electron chi connectivity index (χ0n) is 25.4. The van der Waals surface area contributed by atoms with Gasteiger partial charge >= 0.3 is 0 Å². The van der Waals surface area contributed by atoms with E-state index in [1.807, 2.05) is 12.1 Å². The molecule has 0 aliphatic heterocycles. The van der Waals surface area contributed by atoms with Gasteiger partial charge in [0.1, 0.15) is 22.3 Å². The van der Waals surface area contributed by atoms with Gasteiger partial charge in [-0.3, -0.25) is 0 Å². The molecule has 0 saturated carbocycles. The molecule has 8 aromatic carbocycles. The molecule has 0 unspecified atom stereocenters. The lowest BCUT2D eigenvalue weighted by Crippen LogP contribution is -2.09. The predicted molar refractivity (Wildman–Crippen MR) is 196 cm³/mol. The second-order valence-electron chi connectivity index (χ2n) is 12.1. The average Bonchev–Trinajstić information content (AvgIpc) is 3.71. The first-order chi connectivity index (χ1) is 23.3. The Labute approximate surface area is 270 Å². The van der Waals surface area contributed by atoms with E-state index in [4.69, 9.17) is 8.83 Å². The Morgan fingerprint density at radius 1 is 0.340 bits per heavy atom. The van der Waals surface area contributed by atoms with E-state index in [-0.39, 0.29) is 0 Å². The third kappa shape index (κ3) is 4.07. The third-order valence-electron chi connectivity index (χ3n) is 9.42. The molecule has 0 radical (unpaired) electrons. The van der Waals surface area contributed by atoms with Gasteiger partial charge in [0.2, 0.25) is 0 Å². The van der Waals surface area contributed by atoms with Crippen molar-refractivity contribution < 1.29 is 8.83 Å². The minimum atomic E-state index is 0.894. The summed E-state index contributed by atoms with van der Waals surface area (Å²) in [5, 5.41) is 9.23. The molecule has 0 saturated heterocycles. The molecule has 0 aliphatic carbocycles. The van der Waals surface area contributed by atoms with Crippen molar-refractivity contribution in [2.45, 2.75) is 0 Å². The van der Waals surface area contributed by atoms with E-state index in [9.17, 15) is 0 Å². The van der Waals surface area contributed by atoms with Crippen LogP contribution in [0.4, 0.5) is 17.1 Å². The van der Waals surface area contributed by atoms with Crippen LogP contribution in [0, 0.1) is 0 Å². The SMILES string of the molecule is c1ccc(N(c2cccc(-c3ccc4c(c3)oc3c5ccccc5ccc43)c2)c2ccc3ccc4oc5ccccc5c4c3c2)cc1. The molecule has 10 rings (SSSR count). The minimum Gasteiger partial charge on any atom is -0.456 e. The first-order valence-electron chi connectivity index (χ1n) is 15.9. The molecular formula is C44H27NO2. The summed E-state index contributed by atoms with van der Waals surface area (Å²) < 4.78 is 12.8. The Kier molecular flexibility index (Phi) is 5.57. The fourth-order valence-corrected chi connectivity index (χ4v) is 7.20. The summed E-state index contributed by atoms with van der Waals surface area (Å²) in [4.78, 5) is 2.33. The van der Waals surface area contributed by atoms with E-state index in [2.05, 4.69) is 157 Å². The first kappa shape index (κ1) is 26.0. The fourth-order valence-electron chi connectivity index (χ4n) is 7.20. The molecule has 10 aromatic rings. The van der Waals surface area contributed by atoms with E-state index in [0.29, 0.717) is 0 Å². The third-order valence-corrected chi connectivity index (χ3v) is 9.42. The summed E-state index contributed by atoms with van der Waals surface area (Å²) >= 11 is 0. The number of rotatable bonds is 4. The highest BCUT2D eigenvalue weighted by molar-refractivity contribution is 6.19. The molecule has 0 spiro atoms. The van der Waals surface area contributed by atoms with Crippen LogP contribution in [0.3, 0.4) is 0 Å². The number of para-hydroxylation sites is 2. The molecule has 2 aromatic heterocycles. The van der Waals surface area contributed by atoms with E-state index in [1.165, 1.54) is 16.2 Å². The standard InChI is InChI=1S/C44H27NO2/c1-2-11-32(12-3-1)45(34-21-17-29-20-24-41-43(39(29)27-34)38-15-6-7-16-40(38)46-41)33-13-8-10-30(25-33)31-19-22-36-37-23-18-28-9-4-5-14-35(28)44(37)47-42(36)26-31/h1-27H. The summed E-state index contributed by atoms with van der Waals surface area (Å²) in [6.45, 7) is 0. The van der Waals surface area contributed by atoms with Gasteiger partial charge in [-0.2, -0.15) is 0 Å². The van der Waals surface area contributed by atoms with Gasteiger partial charge in [-0.05, 0) is 94.0 Å². The van der Waals surface area contributed by atoms with Crippen molar-refractivity contribution in [2.24, 2.45) is 0 Å². The lowest BCUT2D eigenvalue weighted by atomic mass is 10.0. The maximum absolute atomic E-state index is 6.53. The van der Waals surface area contributed by atoms with Crippen LogP contribution in [0.25, 0.3) is 76.5 Å². The first-order valence-corrected chi connectivity index (χ1v) is 15.9. The van der Waals surface area contributed by atoms with Gasteiger partial charge in [0.05, 0.1) is 0 Å². The zero-order valence-corrected chi connectivity index (χ0v) is 25.4. The second-order valence-corrected chi connectivity index (χ2v) is 12.1. The van der Waals surface area contributed by atoms with E-state index in [1.54, 1.807) is 0 Å². The number of fused-ring (bicyclic) bond motifs is 10. The molecule has 3 nitrogen and oxygen atoms in total. The highest BCUT2D eigenvalue weighted by Gasteiger charge is 2.17. The number of furan rings is 2. The van der Waals surface area contributed by atoms with Crippen LogP contribution in [0.2, 0.25) is 0 Å². The normalized spacial score (nSPS) is 11.8. The predicted octanol–water partition coefficient (Wildman–Crippen LogP) is 12.9. The lowest BCUT2D eigenvalue weighted by molar-refractivity contribution is 0.669. The maximum Gasteiger partial charge on any atom is 0.143 e. The summed E-state index contributed by atoms with van der Waals surface area (Å²) in [6.07, 6.45) is 0. The molecule has 0 atom stereocenters. The van der Waals surface area contributed by atoms with Crippen LogP contribution >= 0.6 is 0 Å². The molecule has 0 fully saturated rings. The van der Waals surface area contributed by atoms with Gasteiger partial charge in [0.25, 0.3) is 0 Å².